The molecule has 1 aliphatic heterocycles. The summed E-state index contributed by atoms with van der Waals surface area (Å²) in [6, 6.07) is 18.6. The Kier molecular flexibility index (Phi) is 6.06. The summed E-state index contributed by atoms with van der Waals surface area (Å²) in [7, 11) is 0. The normalized spacial score (nSPS) is 15.1. The number of carboxylic acids is 1. The molecule has 1 saturated heterocycles. The van der Waals surface area contributed by atoms with Crippen molar-refractivity contribution in [2.75, 3.05) is 6.54 Å². The molecule has 0 unspecified atom stereocenters. The number of benzene rings is 2. The molecule has 0 saturated carbocycles. The van der Waals surface area contributed by atoms with E-state index in [1.165, 1.54) is 11.8 Å². The highest BCUT2D eigenvalue weighted by atomic mass is 32.2. The molecule has 0 aliphatic carbocycles. The lowest BCUT2D eigenvalue weighted by atomic mass is 10.0. The molecule has 2 heterocycles. The van der Waals surface area contributed by atoms with Crippen LogP contribution in [-0.4, -0.2) is 32.7 Å². The van der Waals surface area contributed by atoms with Crippen LogP contribution in [0, 0.1) is 6.92 Å². The van der Waals surface area contributed by atoms with Crippen LogP contribution in [0.3, 0.4) is 0 Å². The number of carbonyl (C=O) groups excluding carboxylic acids is 1. The third-order valence-corrected chi connectivity index (χ3v) is 6.37. The molecular weight excluding hydrogens is 430 g/mol. The number of hydrogen-bond acceptors (Lipinski definition) is 5. The standard InChI is InChI=1S/C24H19NO4S2/c1-15-7-8-17(13-19(15)23(27)28)20-10-9-18(29-20)14-21-22(26)25(24(30)31-21)12-11-16-5-3-2-4-6-16/h2-10,13-14H,11-12H2,1H3,(H,27,28)/b21-14-. The Morgan fingerprint density at radius 1 is 1.16 bits per heavy atom. The number of nitrogens with zero attached hydrogens (tertiary/aromatic N) is 1. The molecular formula is C24H19NO4S2. The van der Waals surface area contributed by atoms with Crippen LogP contribution in [-0.2, 0) is 11.2 Å². The van der Waals surface area contributed by atoms with Crippen LogP contribution in [0.25, 0.3) is 17.4 Å². The summed E-state index contributed by atoms with van der Waals surface area (Å²) in [5.41, 5.74) is 2.73. The van der Waals surface area contributed by atoms with Gasteiger partial charge in [0.25, 0.3) is 5.91 Å². The predicted octanol–water partition coefficient (Wildman–Crippen LogP) is 5.40. The average Bonchev–Trinajstić information content (AvgIpc) is 3.32. The molecule has 1 fully saturated rings. The molecule has 7 heteroatoms. The Hall–Kier alpha value is -3.16. The largest absolute Gasteiger partial charge is 0.478 e. The van der Waals surface area contributed by atoms with E-state index in [1.54, 1.807) is 42.2 Å². The van der Waals surface area contributed by atoms with Crippen molar-refractivity contribution in [3.8, 4) is 11.3 Å². The molecule has 2 aromatic carbocycles. The van der Waals surface area contributed by atoms with Gasteiger partial charge < -0.3 is 9.52 Å². The van der Waals surface area contributed by atoms with Crippen LogP contribution in [0.1, 0.15) is 27.2 Å². The average molecular weight is 450 g/mol. The van der Waals surface area contributed by atoms with Gasteiger partial charge in [-0.1, -0.05) is 66.4 Å². The number of aromatic carboxylic acids is 1. The molecule has 3 aromatic rings. The minimum absolute atomic E-state index is 0.132. The number of aryl methyl sites for hydroxylation is 1. The minimum atomic E-state index is -0.981. The van der Waals surface area contributed by atoms with Gasteiger partial charge in [0, 0.05) is 18.2 Å². The third kappa shape index (κ3) is 4.62. The SMILES string of the molecule is Cc1ccc(-c2ccc(/C=C3\SC(=S)N(CCc4ccccc4)C3=O)o2)cc1C(=O)O. The number of thiocarbonyl (C=S) groups is 1. The van der Waals surface area contributed by atoms with E-state index in [1.807, 2.05) is 36.4 Å². The van der Waals surface area contributed by atoms with Gasteiger partial charge in [-0.05, 0) is 42.7 Å². The van der Waals surface area contributed by atoms with Crippen LogP contribution in [0.2, 0.25) is 0 Å². The number of amides is 1. The topological polar surface area (TPSA) is 70.8 Å². The molecule has 0 atom stereocenters. The molecule has 0 radical (unpaired) electrons. The van der Waals surface area contributed by atoms with Crippen LogP contribution >= 0.6 is 24.0 Å². The van der Waals surface area contributed by atoms with Gasteiger partial charge in [0.15, 0.2) is 0 Å². The number of hydrogen-bond donors (Lipinski definition) is 1. The lowest BCUT2D eigenvalue weighted by Crippen LogP contribution is -2.30. The fourth-order valence-electron chi connectivity index (χ4n) is 3.30. The van der Waals surface area contributed by atoms with E-state index in [0.29, 0.717) is 38.4 Å². The van der Waals surface area contributed by atoms with E-state index in [2.05, 4.69) is 0 Å². The number of carboxylic acid groups (broad SMARTS) is 1. The van der Waals surface area contributed by atoms with E-state index in [9.17, 15) is 14.7 Å². The Balaban J connectivity index is 1.50. The summed E-state index contributed by atoms with van der Waals surface area (Å²) in [4.78, 5) is 26.3. The number of carbonyl (C=O) groups is 2. The van der Waals surface area contributed by atoms with Crippen molar-refractivity contribution in [2.24, 2.45) is 0 Å². The van der Waals surface area contributed by atoms with Crippen molar-refractivity contribution >= 4 is 46.3 Å². The molecule has 0 spiro atoms. The van der Waals surface area contributed by atoms with Crippen LogP contribution in [0.15, 0.2) is 70.0 Å². The first-order chi connectivity index (χ1) is 14.9. The molecule has 31 heavy (non-hydrogen) atoms. The van der Waals surface area contributed by atoms with E-state index < -0.39 is 5.97 Å². The fourth-order valence-corrected chi connectivity index (χ4v) is 4.59. The van der Waals surface area contributed by atoms with Gasteiger partial charge in [0.05, 0.1) is 10.5 Å². The van der Waals surface area contributed by atoms with Gasteiger partial charge in [0.1, 0.15) is 15.8 Å². The highest BCUT2D eigenvalue weighted by Crippen LogP contribution is 2.34. The van der Waals surface area contributed by atoms with Gasteiger partial charge in [-0.3, -0.25) is 9.69 Å². The molecule has 1 aliphatic rings. The van der Waals surface area contributed by atoms with Gasteiger partial charge >= 0.3 is 5.97 Å². The lowest BCUT2D eigenvalue weighted by Gasteiger charge is -2.14. The molecule has 1 amide bonds. The third-order valence-electron chi connectivity index (χ3n) is 4.99. The van der Waals surface area contributed by atoms with Crippen molar-refractivity contribution < 1.29 is 19.1 Å². The second-order valence-corrected chi connectivity index (χ2v) is 8.78. The zero-order valence-corrected chi connectivity index (χ0v) is 18.3. The van der Waals surface area contributed by atoms with Gasteiger partial charge in [0.2, 0.25) is 0 Å². The molecule has 1 N–H and O–H groups in total. The van der Waals surface area contributed by atoms with Gasteiger partial charge in [-0.15, -0.1) is 0 Å². The minimum Gasteiger partial charge on any atom is -0.478 e. The van der Waals surface area contributed by atoms with E-state index in [0.717, 1.165) is 12.0 Å². The predicted molar refractivity (Wildman–Crippen MR) is 126 cm³/mol. The number of rotatable bonds is 6. The highest BCUT2D eigenvalue weighted by molar-refractivity contribution is 8.26. The second kappa shape index (κ2) is 8.91. The summed E-state index contributed by atoms with van der Waals surface area (Å²) in [5, 5.41) is 9.33. The van der Waals surface area contributed by atoms with Crippen molar-refractivity contribution in [1.82, 2.24) is 4.90 Å². The summed E-state index contributed by atoms with van der Waals surface area (Å²) >= 11 is 6.66. The zero-order valence-electron chi connectivity index (χ0n) is 16.7. The second-order valence-electron chi connectivity index (χ2n) is 7.11. The lowest BCUT2D eigenvalue weighted by molar-refractivity contribution is -0.122. The highest BCUT2D eigenvalue weighted by Gasteiger charge is 2.31. The van der Waals surface area contributed by atoms with Gasteiger partial charge in [-0.2, -0.15) is 0 Å². The van der Waals surface area contributed by atoms with E-state index in [4.69, 9.17) is 16.6 Å². The Labute approximate surface area is 189 Å². The van der Waals surface area contributed by atoms with E-state index >= 15 is 0 Å². The quantitative estimate of drug-likeness (QED) is 0.402. The summed E-state index contributed by atoms with van der Waals surface area (Å²) < 4.78 is 6.39. The van der Waals surface area contributed by atoms with Crippen molar-refractivity contribution in [2.45, 2.75) is 13.3 Å². The fraction of sp³-hybridized carbons (Fsp3) is 0.125. The maximum Gasteiger partial charge on any atom is 0.335 e. The van der Waals surface area contributed by atoms with Gasteiger partial charge in [-0.25, -0.2) is 4.79 Å². The summed E-state index contributed by atoms with van der Waals surface area (Å²) in [5.74, 6) is -0.0676. The smallest absolute Gasteiger partial charge is 0.335 e. The maximum atomic E-state index is 12.8. The Morgan fingerprint density at radius 3 is 2.68 bits per heavy atom. The monoisotopic (exact) mass is 449 g/mol. The van der Waals surface area contributed by atoms with Crippen molar-refractivity contribution in [3.05, 3.63) is 88.0 Å². The van der Waals surface area contributed by atoms with Crippen molar-refractivity contribution in [3.63, 3.8) is 0 Å². The first kappa shape index (κ1) is 21.1. The van der Waals surface area contributed by atoms with Crippen LogP contribution in [0.4, 0.5) is 0 Å². The van der Waals surface area contributed by atoms with Crippen LogP contribution in [0.5, 0.6) is 0 Å². The number of thioether (sulfide) groups is 1. The van der Waals surface area contributed by atoms with Crippen LogP contribution < -0.4 is 0 Å². The molecule has 0 bridgehead atoms. The Bertz CT molecular complexity index is 1200. The molecule has 4 rings (SSSR count). The maximum absolute atomic E-state index is 12.8. The summed E-state index contributed by atoms with van der Waals surface area (Å²) in [6.45, 7) is 2.28. The van der Waals surface area contributed by atoms with E-state index in [-0.39, 0.29) is 11.5 Å². The molecule has 1 aromatic heterocycles. The first-order valence-corrected chi connectivity index (χ1v) is 10.9. The molecule has 5 nitrogen and oxygen atoms in total. The van der Waals surface area contributed by atoms with Crippen molar-refractivity contribution in [1.29, 1.82) is 0 Å². The number of furan rings is 1. The molecule has 156 valence electrons. The summed E-state index contributed by atoms with van der Waals surface area (Å²) in [6.07, 6.45) is 2.41. The zero-order chi connectivity index (χ0) is 22.0. The Morgan fingerprint density at radius 2 is 1.94 bits per heavy atom. The first-order valence-electron chi connectivity index (χ1n) is 9.66.